The molecule has 0 unspecified atom stereocenters. The minimum Gasteiger partial charge on any atom is -0.452 e. The number of benzene rings is 2. The van der Waals surface area contributed by atoms with Crippen LogP contribution in [0, 0.1) is 12.7 Å². The van der Waals surface area contributed by atoms with Gasteiger partial charge < -0.3 is 9.26 Å². The maximum Gasteiger partial charge on any atom is 0.331 e. The van der Waals surface area contributed by atoms with Crippen molar-refractivity contribution < 1.29 is 18.4 Å². The number of esters is 1. The SMILES string of the molecule is CC(=CC(=O)OCc1nc(-c2ccccc2C)no1)c1ccccc1F. The number of carbonyl (C=O) groups excluding carboxylic acids is 1. The predicted molar refractivity (Wildman–Crippen MR) is 94.3 cm³/mol. The van der Waals surface area contributed by atoms with E-state index in [9.17, 15) is 9.18 Å². The number of hydrogen-bond donors (Lipinski definition) is 0. The summed E-state index contributed by atoms with van der Waals surface area (Å²) in [5.74, 6) is -0.379. The standard InChI is InChI=1S/C20H17FN2O3/c1-13-7-3-4-9-16(13)20-22-18(26-23-20)12-25-19(24)11-14(2)15-8-5-6-10-17(15)21/h3-11H,12H2,1-2H3. The van der Waals surface area contributed by atoms with Gasteiger partial charge in [0, 0.05) is 17.2 Å². The lowest BCUT2D eigenvalue weighted by Gasteiger charge is -2.03. The van der Waals surface area contributed by atoms with Gasteiger partial charge in [0.25, 0.3) is 5.89 Å². The fourth-order valence-electron chi connectivity index (χ4n) is 2.46. The van der Waals surface area contributed by atoms with Gasteiger partial charge in [-0.25, -0.2) is 9.18 Å². The number of nitrogens with zero attached hydrogens (tertiary/aromatic N) is 2. The minimum absolute atomic E-state index is 0.154. The average Bonchev–Trinajstić information content (AvgIpc) is 3.09. The minimum atomic E-state index is -0.610. The Morgan fingerprint density at radius 2 is 1.92 bits per heavy atom. The molecule has 26 heavy (non-hydrogen) atoms. The molecule has 0 spiro atoms. The normalized spacial score (nSPS) is 11.4. The summed E-state index contributed by atoms with van der Waals surface area (Å²) in [5.41, 5.74) is 2.69. The van der Waals surface area contributed by atoms with Crippen LogP contribution < -0.4 is 0 Å². The monoisotopic (exact) mass is 352 g/mol. The van der Waals surface area contributed by atoms with Crippen molar-refractivity contribution in [3.8, 4) is 11.4 Å². The summed E-state index contributed by atoms with van der Waals surface area (Å²) in [6.45, 7) is 3.43. The van der Waals surface area contributed by atoms with Crippen molar-refractivity contribution in [2.75, 3.05) is 0 Å². The molecule has 0 radical (unpaired) electrons. The van der Waals surface area contributed by atoms with Crippen LogP contribution in [0.2, 0.25) is 0 Å². The molecular formula is C20H17FN2O3. The van der Waals surface area contributed by atoms with Gasteiger partial charge in [-0.1, -0.05) is 47.6 Å². The molecule has 2 aromatic carbocycles. The average molecular weight is 352 g/mol. The number of rotatable bonds is 5. The third-order valence-electron chi connectivity index (χ3n) is 3.83. The lowest BCUT2D eigenvalue weighted by atomic mass is 10.1. The number of ether oxygens (including phenoxy) is 1. The molecule has 0 N–H and O–H groups in total. The van der Waals surface area contributed by atoms with Crippen LogP contribution >= 0.6 is 0 Å². The molecule has 0 saturated carbocycles. The molecule has 0 amide bonds. The summed E-state index contributed by atoms with van der Waals surface area (Å²) < 4.78 is 23.9. The van der Waals surface area contributed by atoms with Crippen LogP contribution in [-0.2, 0) is 16.1 Å². The Kier molecular flexibility index (Phi) is 5.22. The second-order valence-electron chi connectivity index (χ2n) is 5.74. The summed E-state index contributed by atoms with van der Waals surface area (Å²) in [4.78, 5) is 16.2. The van der Waals surface area contributed by atoms with Crippen molar-refractivity contribution in [1.82, 2.24) is 10.1 Å². The summed E-state index contributed by atoms with van der Waals surface area (Å²) in [5, 5.41) is 3.90. The quantitative estimate of drug-likeness (QED) is 0.505. The first-order valence-corrected chi connectivity index (χ1v) is 8.03. The molecule has 3 aromatic rings. The van der Waals surface area contributed by atoms with Gasteiger partial charge in [-0.2, -0.15) is 4.98 Å². The molecule has 6 heteroatoms. The van der Waals surface area contributed by atoms with E-state index in [4.69, 9.17) is 9.26 Å². The maximum absolute atomic E-state index is 13.7. The lowest BCUT2D eigenvalue weighted by molar-refractivity contribution is -0.139. The van der Waals surface area contributed by atoms with Gasteiger partial charge in [-0.05, 0) is 31.1 Å². The Morgan fingerprint density at radius 3 is 2.69 bits per heavy atom. The highest BCUT2D eigenvalue weighted by molar-refractivity contribution is 5.90. The van der Waals surface area contributed by atoms with E-state index in [2.05, 4.69) is 10.1 Å². The zero-order valence-corrected chi connectivity index (χ0v) is 14.4. The molecule has 1 heterocycles. The molecule has 5 nitrogen and oxygen atoms in total. The highest BCUT2D eigenvalue weighted by atomic mass is 19.1. The van der Waals surface area contributed by atoms with E-state index in [0.29, 0.717) is 17.0 Å². The summed E-state index contributed by atoms with van der Waals surface area (Å²) in [6.07, 6.45) is 1.23. The van der Waals surface area contributed by atoms with E-state index in [0.717, 1.165) is 11.1 Å². The van der Waals surface area contributed by atoms with Crippen molar-refractivity contribution >= 4 is 11.5 Å². The largest absolute Gasteiger partial charge is 0.452 e. The van der Waals surface area contributed by atoms with Gasteiger partial charge in [0.2, 0.25) is 5.82 Å². The van der Waals surface area contributed by atoms with Crippen molar-refractivity contribution in [1.29, 1.82) is 0 Å². The molecular weight excluding hydrogens is 335 g/mol. The van der Waals surface area contributed by atoms with Crippen LogP contribution in [0.25, 0.3) is 17.0 Å². The fraction of sp³-hybridized carbons (Fsp3) is 0.150. The zero-order valence-electron chi connectivity index (χ0n) is 14.4. The number of carbonyl (C=O) groups is 1. The van der Waals surface area contributed by atoms with Gasteiger partial charge in [0.05, 0.1) is 0 Å². The molecule has 0 fully saturated rings. The number of aromatic nitrogens is 2. The van der Waals surface area contributed by atoms with Gasteiger partial charge >= 0.3 is 5.97 Å². The van der Waals surface area contributed by atoms with E-state index in [1.54, 1.807) is 25.1 Å². The first-order chi connectivity index (χ1) is 12.5. The van der Waals surface area contributed by atoms with Crippen LogP contribution in [0.3, 0.4) is 0 Å². The van der Waals surface area contributed by atoms with Gasteiger partial charge in [-0.3, -0.25) is 0 Å². The molecule has 0 saturated heterocycles. The van der Waals surface area contributed by atoms with Crippen LogP contribution in [-0.4, -0.2) is 16.1 Å². The summed E-state index contributed by atoms with van der Waals surface area (Å²) in [6, 6.07) is 13.9. The first kappa shape index (κ1) is 17.5. The Hall–Kier alpha value is -3.28. The fourth-order valence-corrected chi connectivity index (χ4v) is 2.46. The molecule has 0 aliphatic rings. The molecule has 0 bridgehead atoms. The van der Waals surface area contributed by atoms with E-state index in [1.807, 2.05) is 31.2 Å². The van der Waals surface area contributed by atoms with Crippen molar-refractivity contribution in [3.63, 3.8) is 0 Å². The lowest BCUT2D eigenvalue weighted by Crippen LogP contribution is -2.02. The molecule has 0 atom stereocenters. The molecule has 0 aliphatic carbocycles. The van der Waals surface area contributed by atoms with Crippen LogP contribution in [0.4, 0.5) is 4.39 Å². The second-order valence-corrected chi connectivity index (χ2v) is 5.74. The Morgan fingerprint density at radius 1 is 1.19 bits per heavy atom. The number of hydrogen-bond acceptors (Lipinski definition) is 5. The van der Waals surface area contributed by atoms with E-state index < -0.39 is 11.8 Å². The number of allylic oxidation sites excluding steroid dienone is 1. The first-order valence-electron chi connectivity index (χ1n) is 8.03. The summed E-state index contributed by atoms with van der Waals surface area (Å²) >= 11 is 0. The van der Waals surface area contributed by atoms with Gasteiger partial charge in [0.1, 0.15) is 5.82 Å². The van der Waals surface area contributed by atoms with Gasteiger partial charge in [-0.15, -0.1) is 0 Å². The third-order valence-corrected chi connectivity index (χ3v) is 3.83. The van der Waals surface area contributed by atoms with Crippen molar-refractivity contribution in [2.45, 2.75) is 20.5 Å². The van der Waals surface area contributed by atoms with Crippen LogP contribution in [0.5, 0.6) is 0 Å². The zero-order chi connectivity index (χ0) is 18.5. The van der Waals surface area contributed by atoms with Crippen molar-refractivity contribution in [3.05, 3.63) is 77.4 Å². The number of halogens is 1. The Labute approximate surface area is 150 Å². The summed E-state index contributed by atoms with van der Waals surface area (Å²) in [7, 11) is 0. The molecule has 0 aliphatic heterocycles. The third kappa shape index (κ3) is 4.03. The van der Waals surface area contributed by atoms with Crippen molar-refractivity contribution in [2.24, 2.45) is 0 Å². The van der Waals surface area contributed by atoms with E-state index in [-0.39, 0.29) is 12.5 Å². The molecule has 1 aromatic heterocycles. The van der Waals surface area contributed by atoms with Crippen LogP contribution in [0.1, 0.15) is 23.9 Å². The van der Waals surface area contributed by atoms with Crippen LogP contribution in [0.15, 0.2) is 59.1 Å². The maximum atomic E-state index is 13.7. The highest BCUT2D eigenvalue weighted by Crippen LogP contribution is 2.20. The number of aryl methyl sites for hydroxylation is 1. The second kappa shape index (κ2) is 7.74. The molecule has 132 valence electrons. The Balaban J connectivity index is 1.65. The predicted octanol–water partition coefficient (Wildman–Crippen LogP) is 4.33. The molecule has 3 rings (SSSR count). The highest BCUT2D eigenvalue weighted by Gasteiger charge is 2.12. The topological polar surface area (TPSA) is 65.2 Å². The smallest absolute Gasteiger partial charge is 0.331 e. The Bertz CT molecular complexity index is 963. The van der Waals surface area contributed by atoms with E-state index >= 15 is 0 Å². The van der Waals surface area contributed by atoms with E-state index in [1.165, 1.54) is 12.1 Å². The van der Waals surface area contributed by atoms with Gasteiger partial charge in [0.15, 0.2) is 6.61 Å².